The minimum Gasteiger partial charge on any atom is -0.290 e. The summed E-state index contributed by atoms with van der Waals surface area (Å²) in [5.74, 6) is 0. The van der Waals surface area contributed by atoms with Crippen LogP contribution in [0.5, 0.6) is 0 Å². The summed E-state index contributed by atoms with van der Waals surface area (Å²) >= 11 is 0. The number of fused-ring (bicyclic) bond motifs is 7. The molecule has 0 atom stereocenters. The SMILES string of the molecule is O=P(c1ccccc1)(c1ccccc1)n1c2ccccc2c2ccc3c4ccccc4n(P(=O)(c4ccccc4)c4ccccc4)c3c21. The molecule has 0 spiro atoms. The lowest BCUT2D eigenvalue weighted by Gasteiger charge is -2.26. The fourth-order valence-electron chi connectivity index (χ4n) is 7.32. The van der Waals surface area contributed by atoms with Gasteiger partial charge >= 0.3 is 0 Å². The second kappa shape index (κ2) is 11.1. The summed E-state index contributed by atoms with van der Waals surface area (Å²) in [6, 6.07) is 59.8. The molecule has 9 aromatic rings. The number of hydrogen-bond acceptors (Lipinski definition) is 2. The van der Waals surface area contributed by atoms with Crippen molar-refractivity contribution in [1.82, 2.24) is 8.68 Å². The predicted octanol–water partition coefficient (Wildman–Crippen LogP) is 9.46. The van der Waals surface area contributed by atoms with Crippen LogP contribution in [0.15, 0.2) is 182 Å². The van der Waals surface area contributed by atoms with Gasteiger partial charge in [0.05, 0.1) is 22.1 Å². The first kappa shape index (κ1) is 28.8. The van der Waals surface area contributed by atoms with E-state index in [0.717, 1.165) is 64.8 Å². The highest BCUT2D eigenvalue weighted by molar-refractivity contribution is 7.78. The molecule has 6 heteroatoms. The molecule has 0 fully saturated rings. The van der Waals surface area contributed by atoms with E-state index in [1.807, 2.05) is 146 Å². The van der Waals surface area contributed by atoms with Gasteiger partial charge in [-0.05, 0) is 60.7 Å². The van der Waals surface area contributed by atoms with Gasteiger partial charge in [0.1, 0.15) is 0 Å². The first-order valence-corrected chi connectivity index (χ1v) is 19.3. The van der Waals surface area contributed by atoms with Crippen molar-refractivity contribution in [2.75, 3.05) is 0 Å². The van der Waals surface area contributed by atoms with E-state index in [1.165, 1.54) is 0 Å². The normalized spacial score (nSPS) is 12.3. The van der Waals surface area contributed by atoms with E-state index >= 15 is 9.13 Å². The van der Waals surface area contributed by atoms with Crippen molar-refractivity contribution in [3.8, 4) is 0 Å². The van der Waals surface area contributed by atoms with E-state index < -0.39 is 14.6 Å². The second-order valence-corrected chi connectivity index (χ2v) is 17.2. The summed E-state index contributed by atoms with van der Waals surface area (Å²) in [7, 11) is -7.14. The molecular weight excluding hydrogens is 626 g/mol. The van der Waals surface area contributed by atoms with Crippen LogP contribution in [0.25, 0.3) is 43.6 Å². The lowest BCUT2D eigenvalue weighted by Crippen LogP contribution is -2.23. The number of benzene rings is 7. The second-order valence-electron chi connectivity index (χ2n) is 12.0. The molecule has 7 aromatic carbocycles. The fourth-order valence-corrected chi connectivity index (χ4v) is 13.1. The summed E-state index contributed by atoms with van der Waals surface area (Å²) in [6.07, 6.45) is 0. The van der Waals surface area contributed by atoms with Gasteiger partial charge in [-0.2, -0.15) is 0 Å². The maximum atomic E-state index is 16.4. The minimum absolute atomic E-state index is 0.729. The minimum atomic E-state index is -3.57. The third-order valence-corrected chi connectivity index (χ3v) is 15.4. The standard InChI is InChI=1S/C42H30N2O2P2/c45-47(31-17-5-1-6-18-31,32-19-7-2-8-20-32)43-39-27-15-13-25-35(39)37-29-30-38-36-26-14-16-28-40(36)44(42(38)41(37)43)48(46,33-21-9-3-10-22-33)34-23-11-4-12-24-34/h1-30H. The summed E-state index contributed by atoms with van der Waals surface area (Å²) < 4.78 is 36.8. The van der Waals surface area contributed by atoms with E-state index in [0.29, 0.717) is 0 Å². The van der Waals surface area contributed by atoms with Crippen LogP contribution in [0.2, 0.25) is 0 Å². The molecule has 0 unspecified atom stereocenters. The molecule has 2 heterocycles. The van der Waals surface area contributed by atoms with E-state index in [-0.39, 0.29) is 0 Å². The maximum Gasteiger partial charge on any atom is 0.234 e. The van der Waals surface area contributed by atoms with Crippen molar-refractivity contribution in [3.63, 3.8) is 0 Å². The summed E-state index contributed by atoms with van der Waals surface area (Å²) in [4.78, 5) is 0. The van der Waals surface area contributed by atoms with Gasteiger partial charge in [0.15, 0.2) is 0 Å². The fraction of sp³-hybridized carbons (Fsp3) is 0. The first-order valence-electron chi connectivity index (χ1n) is 16.0. The third kappa shape index (κ3) is 4.04. The lowest BCUT2D eigenvalue weighted by molar-refractivity contribution is 0.582. The highest BCUT2D eigenvalue weighted by atomic mass is 31.2. The van der Waals surface area contributed by atoms with E-state index in [4.69, 9.17) is 0 Å². The molecule has 230 valence electrons. The molecule has 0 aliphatic carbocycles. The van der Waals surface area contributed by atoms with Gasteiger partial charge in [0.2, 0.25) is 14.6 Å². The van der Waals surface area contributed by atoms with Gasteiger partial charge in [-0.15, -0.1) is 0 Å². The number of aromatic nitrogens is 2. The molecule has 0 bridgehead atoms. The van der Waals surface area contributed by atoms with Gasteiger partial charge in [0, 0.05) is 42.8 Å². The Balaban J connectivity index is 1.57. The number of hydrogen-bond donors (Lipinski definition) is 0. The maximum absolute atomic E-state index is 16.4. The Morgan fingerprint density at radius 3 is 0.875 bits per heavy atom. The van der Waals surface area contributed by atoms with Crippen molar-refractivity contribution in [2.24, 2.45) is 0 Å². The molecule has 0 radical (unpaired) electrons. The molecule has 0 saturated heterocycles. The molecule has 0 aliphatic rings. The molecule has 2 aromatic heterocycles. The zero-order valence-electron chi connectivity index (χ0n) is 25.9. The van der Waals surface area contributed by atoms with Gasteiger partial charge < -0.3 is 0 Å². The van der Waals surface area contributed by atoms with E-state index in [2.05, 4.69) is 45.1 Å². The molecule has 0 amide bonds. The molecule has 0 N–H and O–H groups in total. The van der Waals surface area contributed by atoms with Crippen molar-refractivity contribution < 1.29 is 9.13 Å². The quantitative estimate of drug-likeness (QED) is 0.167. The number of rotatable bonds is 6. The van der Waals surface area contributed by atoms with Crippen LogP contribution in [0.1, 0.15) is 0 Å². The smallest absolute Gasteiger partial charge is 0.234 e. The van der Waals surface area contributed by atoms with Gasteiger partial charge in [0.25, 0.3) is 0 Å². The Kier molecular flexibility index (Phi) is 6.66. The molecule has 9 rings (SSSR count). The van der Waals surface area contributed by atoms with E-state index in [1.54, 1.807) is 0 Å². The van der Waals surface area contributed by atoms with Crippen LogP contribution < -0.4 is 21.2 Å². The van der Waals surface area contributed by atoms with E-state index in [9.17, 15) is 0 Å². The zero-order chi connectivity index (χ0) is 32.3. The highest BCUT2D eigenvalue weighted by Crippen LogP contribution is 2.56. The Hall–Kier alpha value is -5.40. The Morgan fingerprint density at radius 1 is 0.292 bits per heavy atom. The topological polar surface area (TPSA) is 44.0 Å². The average molecular weight is 657 g/mol. The van der Waals surface area contributed by atoms with Crippen molar-refractivity contribution >= 4 is 79.4 Å². The summed E-state index contributed by atoms with van der Waals surface area (Å²) in [5.41, 5.74) is 3.32. The summed E-state index contributed by atoms with van der Waals surface area (Å²) in [6.45, 7) is 0. The van der Waals surface area contributed by atoms with Crippen LogP contribution >= 0.6 is 14.6 Å². The van der Waals surface area contributed by atoms with Crippen LogP contribution in [-0.2, 0) is 9.13 Å². The number of para-hydroxylation sites is 2. The van der Waals surface area contributed by atoms with Gasteiger partial charge in [-0.25, -0.2) is 0 Å². The van der Waals surface area contributed by atoms with Gasteiger partial charge in [-0.3, -0.25) is 17.8 Å². The monoisotopic (exact) mass is 656 g/mol. The largest absolute Gasteiger partial charge is 0.290 e. The Morgan fingerprint density at radius 2 is 0.562 bits per heavy atom. The van der Waals surface area contributed by atoms with Crippen LogP contribution in [0.4, 0.5) is 0 Å². The molecule has 0 aliphatic heterocycles. The lowest BCUT2D eigenvalue weighted by atomic mass is 10.1. The molecular formula is C42H30N2O2P2. The Bertz CT molecular complexity index is 2440. The predicted molar refractivity (Wildman–Crippen MR) is 203 cm³/mol. The van der Waals surface area contributed by atoms with Gasteiger partial charge in [-0.1, -0.05) is 121 Å². The van der Waals surface area contributed by atoms with Crippen molar-refractivity contribution in [3.05, 3.63) is 182 Å². The molecule has 4 nitrogen and oxygen atoms in total. The molecule has 0 saturated carbocycles. The highest BCUT2D eigenvalue weighted by Gasteiger charge is 2.38. The Labute approximate surface area is 278 Å². The first-order chi connectivity index (χ1) is 23.6. The number of nitrogens with zero attached hydrogens (tertiary/aromatic N) is 2. The zero-order valence-corrected chi connectivity index (χ0v) is 27.7. The van der Waals surface area contributed by atoms with Crippen LogP contribution in [-0.4, -0.2) is 8.68 Å². The third-order valence-electron chi connectivity index (χ3n) is 9.41. The summed E-state index contributed by atoms with van der Waals surface area (Å²) in [5, 5.41) is 6.82. The van der Waals surface area contributed by atoms with Crippen LogP contribution in [0.3, 0.4) is 0 Å². The van der Waals surface area contributed by atoms with Crippen molar-refractivity contribution in [1.29, 1.82) is 0 Å². The van der Waals surface area contributed by atoms with Crippen molar-refractivity contribution in [2.45, 2.75) is 0 Å². The van der Waals surface area contributed by atoms with Crippen LogP contribution in [0, 0.1) is 0 Å². The molecule has 48 heavy (non-hydrogen) atoms. The average Bonchev–Trinajstić information content (AvgIpc) is 3.69.